The van der Waals surface area contributed by atoms with Crippen LogP contribution < -0.4 is 5.56 Å². The van der Waals surface area contributed by atoms with Crippen molar-refractivity contribution in [2.45, 2.75) is 0 Å². The Bertz CT molecular complexity index is 966. The summed E-state index contributed by atoms with van der Waals surface area (Å²) in [4.78, 5) is 22.9. The van der Waals surface area contributed by atoms with Gasteiger partial charge in [-0.2, -0.15) is 0 Å². The molecule has 0 fully saturated rings. The van der Waals surface area contributed by atoms with E-state index < -0.39 is 21.9 Å². The van der Waals surface area contributed by atoms with Crippen LogP contribution in [0.2, 0.25) is 5.02 Å². The van der Waals surface area contributed by atoms with E-state index in [2.05, 4.69) is 0 Å². The predicted octanol–water partition coefficient (Wildman–Crippen LogP) is 3.77. The molecule has 24 heavy (non-hydrogen) atoms. The van der Waals surface area contributed by atoms with Gasteiger partial charge in [0.15, 0.2) is 0 Å². The fourth-order valence-electron chi connectivity index (χ4n) is 2.43. The Balaban J connectivity index is 2.39. The third kappa shape index (κ3) is 2.75. The summed E-state index contributed by atoms with van der Waals surface area (Å²) in [5, 5.41) is 21.6. The highest BCUT2D eigenvalue weighted by Crippen LogP contribution is 2.30. The zero-order valence-electron chi connectivity index (χ0n) is 12.2. The number of hydrogen-bond acceptors (Lipinski definition) is 4. The molecule has 0 amide bonds. The number of halogens is 1. The van der Waals surface area contributed by atoms with Gasteiger partial charge in [-0.15, -0.1) is 0 Å². The summed E-state index contributed by atoms with van der Waals surface area (Å²) >= 11 is 5.87. The molecule has 7 heteroatoms. The smallest absolute Gasteiger partial charge is 0.375 e. The van der Waals surface area contributed by atoms with Gasteiger partial charge in [0.05, 0.1) is 10.6 Å². The van der Waals surface area contributed by atoms with Gasteiger partial charge in [-0.25, -0.2) is 0 Å². The lowest BCUT2D eigenvalue weighted by molar-refractivity contribution is -0.387. The Kier molecular flexibility index (Phi) is 4.05. The first-order chi connectivity index (χ1) is 11.5. The fraction of sp³-hybridized carbons (Fsp3) is 0. The first-order valence-corrected chi connectivity index (χ1v) is 7.31. The van der Waals surface area contributed by atoms with Crippen LogP contribution in [0.5, 0.6) is 5.75 Å². The average molecular weight is 343 g/mol. The molecule has 0 atom stereocenters. The number of aromatic hydroxyl groups is 1. The van der Waals surface area contributed by atoms with E-state index in [0.717, 1.165) is 0 Å². The van der Waals surface area contributed by atoms with Crippen LogP contribution in [0.25, 0.3) is 16.9 Å². The van der Waals surface area contributed by atoms with Crippen LogP contribution >= 0.6 is 11.6 Å². The van der Waals surface area contributed by atoms with Crippen molar-refractivity contribution in [1.29, 1.82) is 0 Å². The quantitative estimate of drug-likeness (QED) is 0.580. The first-order valence-electron chi connectivity index (χ1n) is 6.94. The zero-order chi connectivity index (χ0) is 17.3. The number of aromatic nitrogens is 1. The SMILES string of the molecule is O=c1c([N+](=O)[O-])c(O)cc(-c2ccccc2)n1-c1ccc(Cl)cc1. The van der Waals surface area contributed by atoms with Gasteiger partial charge < -0.3 is 5.11 Å². The molecule has 1 heterocycles. The molecule has 2 aromatic carbocycles. The van der Waals surface area contributed by atoms with Crippen LogP contribution in [0.4, 0.5) is 5.69 Å². The topological polar surface area (TPSA) is 85.4 Å². The van der Waals surface area contributed by atoms with E-state index in [9.17, 15) is 20.0 Å². The van der Waals surface area contributed by atoms with Crippen molar-refractivity contribution in [3.05, 3.63) is 86.2 Å². The molecule has 1 N–H and O–H groups in total. The number of pyridine rings is 1. The minimum Gasteiger partial charge on any atom is -0.502 e. The molecule has 0 aliphatic heterocycles. The maximum Gasteiger partial charge on any atom is 0.375 e. The van der Waals surface area contributed by atoms with Crippen molar-refractivity contribution in [3.8, 4) is 22.7 Å². The summed E-state index contributed by atoms with van der Waals surface area (Å²) < 4.78 is 1.18. The third-order valence-electron chi connectivity index (χ3n) is 3.50. The predicted molar refractivity (Wildman–Crippen MR) is 90.8 cm³/mol. The summed E-state index contributed by atoms with van der Waals surface area (Å²) in [5.74, 6) is -0.672. The lowest BCUT2D eigenvalue weighted by atomic mass is 10.1. The molecule has 0 saturated carbocycles. The van der Waals surface area contributed by atoms with Crippen LogP contribution in [0.15, 0.2) is 65.5 Å². The molecular formula is C17H11ClN2O4. The Morgan fingerprint density at radius 2 is 1.67 bits per heavy atom. The van der Waals surface area contributed by atoms with E-state index in [4.69, 9.17) is 11.6 Å². The van der Waals surface area contributed by atoms with Crippen LogP contribution in [-0.2, 0) is 0 Å². The zero-order valence-corrected chi connectivity index (χ0v) is 13.0. The fourth-order valence-corrected chi connectivity index (χ4v) is 2.55. The number of rotatable bonds is 3. The van der Waals surface area contributed by atoms with Gasteiger partial charge in [-0.3, -0.25) is 19.5 Å². The molecule has 0 bridgehead atoms. The van der Waals surface area contributed by atoms with E-state index in [1.807, 2.05) is 0 Å². The second-order valence-electron chi connectivity index (χ2n) is 5.00. The molecule has 0 radical (unpaired) electrons. The van der Waals surface area contributed by atoms with E-state index in [-0.39, 0.29) is 0 Å². The van der Waals surface area contributed by atoms with Gasteiger partial charge in [-0.05, 0) is 29.8 Å². The van der Waals surface area contributed by atoms with E-state index in [1.54, 1.807) is 54.6 Å². The standard InChI is InChI=1S/C17H11ClN2O4/c18-12-6-8-13(9-7-12)19-14(11-4-2-1-3-5-11)10-15(21)16(17(19)22)20(23)24/h1-10,21H. The molecule has 3 aromatic rings. The van der Waals surface area contributed by atoms with Gasteiger partial charge in [-0.1, -0.05) is 41.9 Å². The molecule has 120 valence electrons. The molecule has 1 aromatic heterocycles. The van der Waals surface area contributed by atoms with Gasteiger partial charge in [0.1, 0.15) is 0 Å². The highest BCUT2D eigenvalue weighted by atomic mass is 35.5. The number of nitro groups is 1. The van der Waals surface area contributed by atoms with E-state index in [0.29, 0.717) is 22.0 Å². The van der Waals surface area contributed by atoms with Crippen LogP contribution in [-0.4, -0.2) is 14.6 Å². The number of benzene rings is 2. The molecule has 0 saturated heterocycles. The minimum absolute atomic E-state index is 0.339. The van der Waals surface area contributed by atoms with Crippen molar-refractivity contribution in [3.63, 3.8) is 0 Å². The van der Waals surface area contributed by atoms with Gasteiger partial charge >= 0.3 is 11.2 Å². The minimum atomic E-state index is -0.916. The Morgan fingerprint density at radius 1 is 1.04 bits per heavy atom. The van der Waals surface area contributed by atoms with Crippen LogP contribution in [0.3, 0.4) is 0 Å². The van der Waals surface area contributed by atoms with Gasteiger partial charge in [0.25, 0.3) is 0 Å². The normalized spacial score (nSPS) is 10.5. The van der Waals surface area contributed by atoms with Crippen molar-refractivity contribution in [2.75, 3.05) is 0 Å². The van der Waals surface area contributed by atoms with Crippen molar-refractivity contribution in [1.82, 2.24) is 4.57 Å². The van der Waals surface area contributed by atoms with Crippen molar-refractivity contribution < 1.29 is 10.0 Å². The summed E-state index contributed by atoms with van der Waals surface area (Å²) in [7, 11) is 0. The van der Waals surface area contributed by atoms with Crippen LogP contribution in [0, 0.1) is 10.1 Å². The van der Waals surface area contributed by atoms with E-state index in [1.165, 1.54) is 10.6 Å². The molecular weight excluding hydrogens is 332 g/mol. The second-order valence-corrected chi connectivity index (χ2v) is 5.44. The maximum atomic E-state index is 12.6. The van der Waals surface area contributed by atoms with Crippen molar-refractivity contribution in [2.24, 2.45) is 0 Å². The molecule has 0 aliphatic carbocycles. The lowest BCUT2D eigenvalue weighted by Crippen LogP contribution is -2.22. The molecule has 3 rings (SSSR count). The van der Waals surface area contributed by atoms with E-state index >= 15 is 0 Å². The summed E-state index contributed by atoms with van der Waals surface area (Å²) in [6, 6.07) is 16.4. The van der Waals surface area contributed by atoms with Gasteiger partial charge in [0, 0.05) is 16.8 Å². The largest absolute Gasteiger partial charge is 0.502 e. The maximum absolute atomic E-state index is 12.6. The molecule has 0 spiro atoms. The summed E-state index contributed by atoms with van der Waals surface area (Å²) in [6.07, 6.45) is 0. The first kappa shape index (κ1) is 15.8. The lowest BCUT2D eigenvalue weighted by Gasteiger charge is -2.14. The number of nitrogens with zero attached hydrogens (tertiary/aromatic N) is 2. The Morgan fingerprint density at radius 3 is 2.25 bits per heavy atom. The number of hydrogen-bond donors (Lipinski definition) is 1. The third-order valence-corrected chi connectivity index (χ3v) is 3.75. The molecule has 0 unspecified atom stereocenters. The highest BCUT2D eigenvalue weighted by Gasteiger charge is 2.25. The highest BCUT2D eigenvalue weighted by molar-refractivity contribution is 6.30. The average Bonchev–Trinajstić information content (AvgIpc) is 2.56. The Hall–Kier alpha value is -3.12. The van der Waals surface area contributed by atoms with Crippen molar-refractivity contribution >= 4 is 17.3 Å². The molecule has 6 nitrogen and oxygen atoms in total. The Labute approximate surface area is 141 Å². The van der Waals surface area contributed by atoms with Crippen LogP contribution in [0.1, 0.15) is 0 Å². The van der Waals surface area contributed by atoms with Gasteiger partial charge in [0.2, 0.25) is 5.75 Å². The second kappa shape index (κ2) is 6.17. The molecule has 0 aliphatic rings. The monoisotopic (exact) mass is 342 g/mol. The summed E-state index contributed by atoms with van der Waals surface area (Å²) in [5.41, 5.74) is -0.405. The summed E-state index contributed by atoms with van der Waals surface area (Å²) in [6.45, 7) is 0.